The molecule has 0 unspecified atom stereocenters. The molecule has 0 aliphatic rings. The van der Waals surface area contributed by atoms with E-state index < -0.39 is 0 Å². The van der Waals surface area contributed by atoms with Gasteiger partial charge in [-0.1, -0.05) is 0 Å². The molecule has 0 saturated heterocycles. The third kappa shape index (κ3) is 2.98. The molecule has 2 rings (SSSR count). The first-order valence-corrected chi connectivity index (χ1v) is 5.32. The zero-order chi connectivity index (χ0) is 12.1. The molecular formula is C12H15N3O2. The minimum Gasteiger partial charge on any atom is -0.488 e. The first-order valence-electron chi connectivity index (χ1n) is 5.32. The number of nitrogens with zero attached hydrogens (tertiary/aromatic N) is 2. The maximum Gasteiger partial charge on any atom is 0.157 e. The number of anilines is 1. The summed E-state index contributed by atoms with van der Waals surface area (Å²) in [6, 6.07) is 7.48. The van der Waals surface area contributed by atoms with E-state index in [0.717, 1.165) is 17.1 Å². The van der Waals surface area contributed by atoms with Crippen molar-refractivity contribution in [3.63, 3.8) is 0 Å². The normalized spacial score (nSPS) is 10.4. The number of ether oxygens (including phenoxy) is 2. The number of aromatic nitrogens is 2. The number of nitrogen functional groups attached to an aromatic ring is 1. The molecule has 0 amide bonds. The Morgan fingerprint density at radius 3 is 2.71 bits per heavy atom. The maximum absolute atomic E-state index is 5.62. The zero-order valence-electron chi connectivity index (χ0n) is 9.67. The van der Waals surface area contributed by atoms with Gasteiger partial charge in [-0.2, -0.15) is 5.10 Å². The van der Waals surface area contributed by atoms with Gasteiger partial charge < -0.3 is 15.2 Å². The van der Waals surface area contributed by atoms with Crippen LogP contribution in [0.1, 0.15) is 0 Å². The molecule has 0 aliphatic heterocycles. The van der Waals surface area contributed by atoms with Crippen molar-refractivity contribution < 1.29 is 9.47 Å². The van der Waals surface area contributed by atoms with Gasteiger partial charge in [-0.3, -0.25) is 0 Å². The number of nitrogens with two attached hydrogens (primary N) is 1. The minimum atomic E-state index is 0.518. The lowest BCUT2D eigenvalue weighted by Crippen LogP contribution is -2.03. The number of benzene rings is 1. The number of methoxy groups -OCH3 is 1. The van der Waals surface area contributed by atoms with Gasteiger partial charge in [0.05, 0.1) is 24.7 Å². The van der Waals surface area contributed by atoms with Gasteiger partial charge in [0.2, 0.25) is 0 Å². The lowest BCUT2D eigenvalue weighted by atomic mass is 10.3. The van der Waals surface area contributed by atoms with E-state index in [-0.39, 0.29) is 0 Å². The molecule has 90 valence electrons. The predicted octanol–water partition coefficient (Wildman–Crippen LogP) is 1.48. The Morgan fingerprint density at radius 2 is 2.00 bits per heavy atom. The van der Waals surface area contributed by atoms with Crippen molar-refractivity contribution >= 4 is 5.69 Å². The summed E-state index contributed by atoms with van der Waals surface area (Å²) in [6.45, 7) is 1.08. The summed E-state index contributed by atoms with van der Waals surface area (Å²) < 4.78 is 12.1. The van der Waals surface area contributed by atoms with Crippen LogP contribution >= 0.6 is 0 Å². The second-order valence-corrected chi connectivity index (χ2v) is 3.55. The van der Waals surface area contributed by atoms with Crippen LogP contribution in [-0.2, 0) is 4.74 Å². The van der Waals surface area contributed by atoms with E-state index in [1.807, 2.05) is 30.5 Å². The van der Waals surface area contributed by atoms with Crippen LogP contribution < -0.4 is 10.5 Å². The molecule has 0 bridgehead atoms. The van der Waals surface area contributed by atoms with Crippen molar-refractivity contribution in [2.45, 2.75) is 0 Å². The highest BCUT2D eigenvalue weighted by Crippen LogP contribution is 2.14. The van der Waals surface area contributed by atoms with E-state index in [2.05, 4.69) is 5.10 Å². The SMILES string of the molecule is COCCOc1cnn(-c2ccc(N)cc2)c1. The van der Waals surface area contributed by atoms with E-state index >= 15 is 0 Å². The van der Waals surface area contributed by atoms with Gasteiger partial charge in [0, 0.05) is 12.8 Å². The van der Waals surface area contributed by atoms with E-state index in [1.54, 1.807) is 18.0 Å². The summed E-state index contributed by atoms with van der Waals surface area (Å²) in [7, 11) is 1.64. The fourth-order valence-electron chi connectivity index (χ4n) is 1.39. The van der Waals surface area contributed by atoms with Crippen molar-refractivity contribution in [1.29, 1.82) is 0 Å². The second-order valence-electron chi connectivity index (χ2n) is 3.55. The first-order chi connectivity index (χ1) is 8.29. The van der Waals surface area contributed by atoms with Crippen LogP contribution in [0.15, 0.2) is 36.7 Å². The van der Waals surface area contributed by atoms with Crippen LogP contribution in [0.3, 0.4) is 0 Å². The van der Waals surface area contributed by atoms with Gasteiger partial charge in [0.1, 0.15) is 6.61 Å². The molecule has 5 nitrogen and oxygen atoms in total. The molecule has 17 heavy (non-hydrogen) atoms. The largest absolute Gasteiger partial charge is 0.488 e. The topological polar surface area (TPSA) is 62.3 Å². The van der Waals surface area contributed by atoms with E-state index in [4.69, 9.17) is 15.2 Å². The summed E-state index contributed by atoms with van der Waals surface area (Å²) in [6.07, 6.45) is 3.49. The summed E-state index contributed by atoms with van der Waals surface area (Å²) in [4.78, 5) is 0. The summed E-state index contributed by atoms with van der Waals surface area (Å²) >= 11 is 0. The Hall–Kier alpha value is -2.01. The molecule has 0 radical (unpaired) electrons. The Labute approximate surface area is 99.8 Å². The first kappa shape index (κ1) is 11.5. The minimum absolute atomic E-state index is 0.518. The fourth-order valence-corrected chi connectivity index (χ4v) is 1.39. The summed E-state index contributed by atoms with van der Waals surface area (Å²) in [5, 5.41) is 4.20. The Bertz CT molecular complexity index is 465. The monoisotopic (exact) mass is 233 g/mol. The Kier molecular flexibility index (Phi) is 3.62. The van der Waals surface area contributed by atoms with E-state index in [0.29, 0.717) is 13.2 Å². The van der Waals surface area contributed by atoms with Crippen LogP contribution in [0.25, 0.3) is 5.69 Å². The number of hydrogen-bond acceptors (Lipinski definition) is 4. The van der Waals surface area contributed by atoms with Crippen molar-refractivity contribution in [1.82, 2.24) is 9.78 Å². The summed E-state index contributed by atoms with van der Waals surface area (Å²) in [5.74, 6) is 0.721. The van der Waals surface area contributed by atoms with E-state index in [1.165, 1.54) is 0 Å². The van der Waals surface area contributed by atoms with Crippen molar-refractivity contribution in [2.24, 2.45) is 0 Å². The molecule has 1 aromatic heterocycles. The molecular weight excluding hydrogens is 218 g/mol. The predicted molar refractivity (Wildman–Crippen MR) is 65.3 cm³/mol. The third-order valence-electron chi connectivity index (χ3n) is 2.27. The van der Waals surface area contributed by atoms with Crippen LogP contribution in [0, 0.1) is 0 Å². The summed E-state index contributed by atoms with van der Waals surface area (Å²) in [5.41, 5.74) is 7.30. The third-order valence-corrected chi connectivity index (χ3v) is 2.27. The van der Waals surface area contributed by atoms with Gasteiger partial charge in [0.25, 0.3) is 0 Å². The highest BCUT2D eigenvalue weighted by molar-refractivity contribution is 5.44. The van der Waals surface area contributed by atoms with Crippen molar-refractivity contribution in [3.8, 4) is 11.4 Å². The van der Waals surface area contributed by atoms with Gasteiger partial charge in [0.15, 0.2) is 5.75 Å². The Morgan fingerprint density at radius 1 is 1.24 bits per heavy atom. The van der Waals surface area contributed by atoms with Crippen molar-refractivity contribution in [3.05, 3.63) is 36.7 Å². The zero-order valence-corrected chi connectivity index (χ0v) is 9.67. The standard InChI is InChI=1S/C12H15N3O2/c1-16-6-7-17-12-8-14-15(9-12)11-4-2-10(13)3-5-11/h2-5,8-9H,6-7,13H2,1H3. The number of rotatable bonds is 5. The number of hydrogen-bond donors (Lipinski definition) is 1. The van der Waals surface area contributed by atoms with Crippen LogP contribution in [0.4, 0.5) is 5.69 Å². The average molecular weight is 233 g/mol. The highest BCUT2D eigenvalue weighted by Gasteiger charge is 2.01. The maximum atomic E-state index is 5.62. The fraction of sp³-hybridized carbons (Fsp3) is 0.250. The molecule has 0 fully saturated rings. The smallest absolute Gasteiger partial charge is 0.157 e. The van der Waals surface area contributed by atoms with Gasteiger partial charge >= 0.3 is 0 Å². The molecule has 2 N–H and O–H groups in total. The quantitative estimate of drug-likeness (QED) is 0.627. The van der Waals surface area contributed by atoms with Crippen LogP contribution in [-0.4, -0.2) is 30.1 Å². The lowest BCUT2D eigenvalue weighted by molar-refractivity contribution is 0.146. The molecule has 0 spiro atoms. The lowest BCUT2D eigenvalue weighted by Gasteiger charge is -2.02. The molecule has 1 heterocycles. The molecule has 2 aromatic rings. The molecule has 5 heteroatoms. The molecule has 0 aliphatic carbocycles. The molecule has 1 aromatic carbocycles. The second kappa shape index (κ2) is 5.36. The van der Waals surface area contributed by atoms with Crippen molar-refractivity contribution in [2.75, 3.05) is 26.1 Å². The van der Waals surface area contributed by atoms with Crippen LogP contribution in [0.2, 0.25) is 0 Å². The van der Waals surface area contributed by atoms with Crippen LogP contribution in [0.5, 0.6) is 5.75 Å². The average Bonchev–Trinajstić information content (AvgIpc) is 2.79. The van der Waals surface area contributed by atoms with Gasteiger partial charge in [-0.15, -0.1) is 0 Å². The highest BCUT2D eigenvalue weighted by atomic mass is 16.5. The van der Waals surface area contributed by atoms with E-state index in [9.17, 15) is 0 Å². The van der Waals surface area contributed by atoms with Gasteiger partial charge in [-0.05, 0) is 24.3 Å². The van der Waals surface area contributed by atoms with Gasteiger partial charge in [-0.25, -0.2) is 4.68 Å². The Balaban J connectivity index is 2.04. The molecule has 0 saturated carbocycles. The molecule has 0 atom stereocenters.